The van der Waals surface area contributed by atoms with E-state index in [1.807, 2.05) is 30.3 Å². The number of para-hydroxylation sites is 1. The zero-order valence-electron chi connectivity index (χ0n) is 11.5. The number of unbranched alkanes of at least 4 members (excludes halogenated alkanes) is 6. The van der Waals surface area contributed by atoms with Crippen LogP contribution in [0.25, 0.3) is 0 Å². The van der Waals surface area contributed by atoms with E-state index in [1.165, 1.54) is 19.3 Å². The predicted molar refractivity (Wildman–Crippen MR) is 80.8 cm³/mol. The average molecular weight is 257 g/mol. The molecule has 0 saturated heterocycles. The summed E-state index contributed by atoms with van der Waals surface area (Å²) in [6, 6.07) is 9.60. The van der Waals surface area contributed by atoms with Crippen molar-refractivity contribution in [2.75, 3.05) is 5.32 Å². The summed E-state index contributed by atoms with van der Waals surface area (Å²) in [5.41, 5.74) is 0.877. The molecule has 1 aromatic rings. The molecule has 1 amide bonds. The van der Waals surface area contributed by atoms with Crippen LogP contribution in [-0.2, 0) is 4.79 Å². The zero-order valence-corrected chi connectivity index (χ0v) is 11.5. The van der Waals surface area contributed by atoms with Crippen LogP contribution < -0.4 is 5.32 Å². The van der Waals surface area contributed by atoms with Gasteiger partial charge < -0.3 is 5.32 Å². The Labute approximate surface area is 116 Å². The maximum Gasteiger partial charge on any atom is 0.224 e. The minimum Gasteiger partial charge on any atom is -0.326 e. The van der Waals surface area contributed by atoms with Crippen LogP contribution in [0.5, 0.6) is 0 Å². The Morgan fingerprint density at radius 3 is 2.32 bits per heavy atom. The second-order valence-corrected chi connectivity index (χ2v) is 4.74. The number of carbonyl (C=O) groups is 1. The minimum atomic E-state index is 0.110. The fourth-order valence-electron chi connectivity index (χ4n) is 1.96. The van der Waals surface area contributed by atoms with Gasteiger partial charge in [-0.05, 0) is 25.0 Å². The quantitative estimate of drug-likeness (QED) is 0.516. The van der Waals surface area contributed by atoms with Gasteiger partial charge in [0.2, 0.25) is 5.91 Å². The van der Waals surface area contributed by atoms with Crippen molar-refractivity contribution in [3.63, 3.8) is 0 Å². The first-order chi connectivity index (χ1) is 9.33. The molecule has 0 spiro atoms. The fraction of sp³-hybridized carbons (Fsp3) is 0.471. The van der Waals surface area contributed by atoms with Gasteiger partial charge in [-0.25, -0.2) is 0 Å². The van der Waals surface area contributed by atoms with Crippen molar-refractivity contribution in [2.24, 2.45) is 0 Å². The lowest BCUT2D eigenvalue weighted by Crippen LogP contribution is -2.10. The number of hydrogen-bond acceptors (Lipinski definition) is 1. The molecule has 0 aliphatic carbocycles. The monoisotopic (exact) mass is 257 g/mol. The van der Waals surface area contributed by atoms with Crippen LogP contribution in [0.4, 0.5) is 5.69 Å². The Morgan fingerprint density at radius 1 is 1.00 bits per heavy atom. The summed E-state index contributed by atoms with van der Waals surface area (Å²) in [7, 11) is 0. The van der Waals surface area contributed by atoms with E-state index in [-0.39, 0.29) is 5.91 Å². The number of hydrogen-bond donors (Lipinski definition) is 1. The molecule has 2 nitrogen and oxygen atoms in total. The SMILES string of the molecule is C#CCCCCCCCCC(=O)Nc1ccccc1. The van der Waals surface area contributed by atoms with E-state index < -0.39 is 0 Å². The molecule has 0 unspecified atom stereocenters. The van der Waals surface area contributed by atoms with E-state index in [0.717, 1.165) is 31.4 Å². The van der Waals surface area contributed by atoms with E-state index >= 15 is 0 Å². The number of anilines is 1. The largest absolute Gasteiger partial charge is 0.326 e. The summed E-state index contributed by atoms with van der Waals surface area (Å²) in [4.78, 5) is 11.7. The van der Waals surface area contributed by atoms with Gasteiger partial charge in [0.15, 0.2) is 0 Å². The summed E-state index contributed by atoms with van der Waals surface area (Å²) in [5.74, 6) is 2.76. The van der Waals surface area contributed by atoms with Gasteiger partial charge in [-0.2, -0.15) is 0 Å². The second kappa shape index (κ2) is 10.2. The number of nitrogens with one attached hydrogen (secondary N) is 1. The lowest BCUT2D eigenvalue weighted by molar-refractivity contribution is -0.116. The number of rotatable bonds is 9. The molecule has 1 rings (SSSR count). The second-order valence-electron chi connectivity index (χ2n) is 4.74. The van der Waals surface area contributed by atoms with Crippen molar-refractivity contribution < 1.29 is 4.79 Å². The molecule has 102 valence electrons. The van der Waals surface area contributed by atoms with E-state index in [1.54, 1.807) is 0 Å². The average Bonchev–Trinajstić information content (AvgIpc) is 2.43. The maximum absolute atomic E-state index is 11.7. The molecular formula is C17H23NO. The van der Waals surface area contributed by atoms with Gasteiger partial charge in [-0.1, -0.05) is 43.9 Å². The van der Waals surface area contributed by atoms with Gasteiger partial charge >= 0.3 is 0 Å². The highest BCUT2D eigenvalue weighted by atomic mass is 16.1. The zero-order chi connectivity index (χ0) is 13.8. The Kier molecular flexibility index (Phi) is 8.22. The van der Waals surface area contributed by atoms with Crippen molar-refractivity contribution in [1.82, 2.24) is 0 Å². The van der Waals surface area contributed by atoms with Gasteiger partial charge in [0.05, 0.1) is 0 Å². The lowest BCUT2D eigenvalue weighted by atomic mass is 10.1. The molecule has 19 heavy (non-hydrogen) atoms. The molecular weight excluding hydrogens is 234 g/mol. The standard InChI is InChI=1S/C17H23NO/c1-2-3-4-5-6-7-8-12-15-17(19)18-16-13-10-9-11-14-16/h1,9-11,13-14H,3-8,12,15H2,(H,18,19). The van der Waals surface area contributed by atoms with Crippen molar-refractivity contribution in [2.45, 2.75) is 51.4 Å². The highest BCUT2D eigenvalue weighted by Gasteiger charge is 2.01. The van der Waals surface area contributed by atoms with Crippen LogP contribution in [0, 0.1) is 12.3 Å². The molecule has 0 aliphatic heterocycles. The summed E-state index contributed by atoms with van der Waals surface area (Å²) in [6.07, 6.45) is 13.5. The molecule has 1 N–H and O–H groups in total. The fourth-order valence-corrected chi connectivity index (χ4v) is 1.96. The molecule has 0 fully saturated rings. The first-order valence-electron chi connectivity index (χ1n) is 7.11. The number of carbonyl (C=O) groups excluding carboxylic acids is 1. The van der Waals surface area contributed by atoms with Gasteiger partial charge in [-0.15, -0.1) is 12.3 Å². The molecule has 0 heterocycles. The van der Waals surface area contributed by atoms with Crippen molar-refractivity contribution in [1.29, 1.82) is 0 Å². The van der Waals surface area contributed by atoms with Crippen LogP contribution in [-0.4, -0.2) is 5.91 Å². The first kappa shape index (κ1) is 15.3. The Bertz CT molecular complexity index is 391. The minimum absolute atomic E-state index is 0.110. The summed E-state index contributed by atoms with van der Waals surface area (Å²) in [6.45, 7) is 0. The van der Waals surface area contributed by atoms with Crippen LogP contribution in [0.1, 0.15) is 51.4 Å². The topological polar surface area (TPSA) is 29.1 Å². The van der Waals surface area contributed by atoms with E-state index in [2.05, 4.69) is 11.2 Å². The predicted octanol–water partition coefficient (Wildman–Crippen LogP) is 4.38. The molecule has 0 atom stereocenters. The van der Waals surface area contributed by atoms with E-state index in [4.69, 9.17) is 6.42 Å². The summed E-state index contributed by atoms with van der Waals surface area (Å²) < 4.78 is 0. The van der Waals surface area contributed by atoms with E-state index in [0.29, 0.717) is 6.42 Å². The number of terminal acetylenes is 1. The Hall–Kier alpha value is -1.75. The highest BCUT2D eigenvalue weighted by molar-refractivity contribution is 5.90. The lowest BCUT2D eigenvalue weighted by Gasteiger charge is -2.04. The summed E-state index contributed by atoms with van der Waals surface area (Å²) in [5, 5.41) is 2.90. The molecule has 0 aromatic heterocycles. The van der Waals surface area contributed by atoms with Crippen LogP contribution in [0.3, 0.4) is 0 Å². The van der Waals surface area contributed by atoms with E-state index in [9.17, 15) is 4.79 Å². The molecule has 2 heteroatoms. The molecule has 0 radical (unpaired) electrons. The third-order valence-corrected chi connectivity index (χ3v) is 3.03. The van der Waals surface area contributed by atoms with Gasteiger partial charge in [0, 0.05) is 18.5 Å². The first-order valence-corrected chi connectivity index (χ1v) is 7.11. The Balaban J connectivity index is 1.98. The normalized spacial score (nSPS) is 9.84. The maximum atomic E-state index is 11.7. The molecule has 0 saturated carbocycles. The van der Waals surface area contributed by atoms with Gasteiger partial charge in [-0.3, -0.25) is 4.79 Å². The van der Waals surface area contributed by atoms with Crippen molar-refractivity contribution in [3.05, 3.63) is 30.3 Å². The Morgan fingerprint density at radius 2 is 1.63 bits per heavy atom. The third-order valence-electron chi connectivity index (χ3n) is 3.03. The summed E-state index contributed by atoms with van der Waals surface area (Å²) >= 11 is 0. The molecule has 1 aromatic carbocycles. The van der Waals surface area contributed by atoms with Crippen LogP contribution in [0.2, 0.25) is 0 Å². The van der Waals surface area contributed by atoms with Gasteiger partial charge in [0.25, 0.3) is 0 Å². The van der Waals surface area contributed by atoms with Gasteiger partial charge in [0.1, 0.15) is 0 Å². The number of amides is 1. The molecule has 0 aliphatic rings. The van der Waals surface area contributed by atoms with Crippen molar-refractivity contribution in [3.8, 4) is 12.3 Å². The highest BCUT2D eigenvalue weighted by Crippen LogP contribution is 2.10. The molecule has 0 bridgehead atoms. The number of benzene rings is 1. The van der Waals surface area contributed by atoms with Crippen molar-refractivity contribution >= 4 is 11.6 Å². The third kappa shape index (κ3) is 8.05. The van der Waals surface area contributed by atoms with Crippen LogP contribution in [0.15, 0.2) is 30.3 Å². The smallest absolute Gasteiger partial charge is 0.224 e. The van der Waals surface area contributed by atoms with Crippen LogP contribution >= 0.6 is 0 Å².